The van der Waals surface area contributed by atoms with E-state index in [4.69, 9.17) is 4.74 Å². The molecule has 1 aromatic carbocycles. The van der Waals surface area contributed by atoms with Crippen LogP contribution in [0.5, 0.6) is 0 Å². The van der Waals surface area contributed by atoms with E-state index in [0.29, 0.717) is 13.2 Å². The number of aliphatic imine (C=N–C) groups is 1. The van der Waals surface area contributed by atoms with Crippen molar-refractivity contribution in [1.82, 2.24) is 20.0 Å². The first-order valence-electron chi connectivity index (χ1n) is 9.76. The van der Waals surface area contributed by atoms with Crippen LogP contribution in [0.1, 0.15) is 5.56 Å². The summed E-state index contributed by atoms with van der Waals surface area (Å²) in [5.41, 5.74) is 1.23. The molecule has 2 rings (SSSR count). The number of rotatable bonds is 8. The van der Waals surface area contributed by atoms with Gasteiger partial charge in [-0.25, -0.2) is 4.99 Å². The van der Waals surface area contributed by atoms with Gasteiger partial charge in [-0.3, -0.25) is 9.69 Å². The Hall–Kier alpha value is -1.65. The van der Waals surface area contributed by atoms with Crippen molar-refractivity contribution in [1.29, 1.82) is 0 Å². The molecule has 1 saturated heterocycles. The maximum atomic E-state index is 11.9. The summed E-state index contributed by atoms with van der Waals surface area (Å²) < 4.78 is 5.11. The van der Waals surface area contributed by atoms with Crippen LogP contribution in [0.25, 0.3) is 6.08 Å². The molecule has 0 bridgehead atoms. The Morgan fingerprint density at radius 2 is 1.90 bits per heavy atom. The van der Waals surface area contributed by atoms with Crippen molar-refractivity contribution < 1.29 is 9.53 Å². The summed E-state index contributed by atoms with van der Waals surface area (Å²) in [6.45, 7) is 6.06. The highest BCUT2D eigenvalue weighted by Crippen LogP contribution is 2.05. The number of hydrogen-bond donors (Lipinski definition) is 1. The van der Waals surface area contributed by atoms with Gasteiger partial charge in [0.2, 0.25) is 5.91 Å². The summed E-state index contributed by atoms with van der Waals surface area (Å²) in [5.74, 6) is 0.780. The minimum absolute atomic E-state index is 0. The fraction of sp³-hybridized carbons (Fsp3) is 0.524. The number of nitrogens with one attached hydrogen (secondary N) is 1. The number of likely N-dealkylation sites (N-methyl/N-ethyl adjacent to an activating group) is 1. The average molecular weight is 515 g/mol. The molecule has 1 fully saturated rings. The van der Waals surface area contributed by atoms with Gasteiger partial charge in [0.1, 0.15) is 6.54 Å². The molecule has 162 valence electrons. The number of hydrogen-bond acceptors (Lipinski definition) is 4. The number of benzene rings is 1. The predicted molar refractivity (Wildman–Crippen MR) is 130 cm³/mol. The van der Waals surface area contributed by atoms with Gasteiger partial charge in [-0.1, -0.05) is 42.5 Å². The lowest BCUT2D eigenvalue weighted by Crippen LogP contribution is -2.53. The molecule has 1 aromatic rings. The first kappa shape index (κ1) is 25.4. The monoisotopic (exact) mass is 515 g/mol. The van der Waals surface area contributed by atoms with Gasteiger partial charge in [0, 0.05) is 60.5 Å². The van der Waals surface area contributed by atoms with Gasteiger partial charge < -0.3 is 19.9 Å². The third-order valence-corrected chi connectivity index (χ3v) is 4.60. The van der Waals surface area contributed by atoms with Crippen LogP contribution in [-0.4, -0.2) is 100 Å². The van der Waals surface area contributed by atoms with E-state index in [2.05, 4.69) is 56.5 Å². The number of halogens is 1. The standard InChI is InChI=1S/C21H33N5O2.HI/c1-24(2)20(27)18-23-21(22-11-17-28-3)26-15-13-25(14-16-26)12-7-10-19-8-5-4-6-9-19;/h4-10H,11-18H2,1-3H3,(H,22,23);1H/b10-7+;. The molecular formula is C21H34IN5O2. The van der Waals surface area contributed by atoms with E-state index in [1.165, 1.54) is 5.56 Å². The molecule has 1 N–H and O–H groups in total. The van der Waals surface area contributed by atoms with Crippen LogP contribution in [0.15, 0.2) is 41.4 Å². The minimum Gasteiger partial charge on any atom is -0.383 e. The smallest absolute Gasteiger partial charge is 0.243 e. The fourth-order valence-electron chi connectivity index (χ4n) is 2.86. The summed E-state index contributed by atoms with van der Waals surface area (Å²) in [6, 6.07) is 10.4. The molecule has 1 heterocycles. The van der Waals surface area contributed by atoms with Gasteiger partial charge in [-0.2, -0.15) is 0 Å². The van der Waals surface area contributed by atoms with Crippen LogP contribution >= 0.6 is 24.0 Å². The van der Waals surface area contributed by atoms with Gasteiger partial charge in [-0.05, 0) is 5.56 Å². The molecule has 0 saturated carbocycles. The molecule has 0 unspecified atom stereocenters. The highest BCUT2D eigenvalue weighted by atomic mass is 127. The van der Waals surface area contributed by atoms with Crippen molar-refractivity contribution in [3.63, 3.8) is 0 Å². The zero-order valence-corrected chi connectivity index (χ0v) is 20.0. The second kappa shape index (κ2) is 14.4. The Balaban J connectivity index is 0.00000420. The molecule has 29 heavy (non-hydrogen) atoms. The lowest BCUT2D eigenvalue weighted by molar-refractivity contribution is -0.127. The maximum absolute atomic E-state index is 11.9. The Labute approximate surface area is 191 Å². The van der Waals surface area contributed by atoms with E-state index in [1.54, 1.807) is 26.1 Å². The van der Waals surface area contributed by atoms with Gasteiger partial charge >= 0.3 is 0 Å². The first-order valence-corrected chi connectivity index (χ1v) is 9.76. The van der Waals surface area contributed by atoms with E-state index in [1.807, 2.05) is 6.07 Å². The van der Waals surface area contributed by atoms with E-state index in [0.717, 1.165) is 38.7 Å². The van der Waals surface area contributed by atoms with Crippen LogP contribution < -0.4 is 5.32 Å². The van der Waals surface area contributed by atoms with Crippen molar-refractivity contribution in [3.8, 4) is 0 Å². The van der Waals surface area contributed by atoms with Gasteiger partial charge in [-0.15, -0.1) is 24.0 Å². The highest BCUT2D eigenvalue weighted by molar-refractivity contribution is 14.0. The fourth-order valence-corrected chi connectivity index (χ4v) is 2.86. The lowest BCUT2D eigenvalue weighted by atomic mass is 10.2. The third kappa shape index (κ3) is 9.60. The quantitative estimate of drug-likeness (QED) is 0.247. The molecule has 1 aliphatic heterocycles. The summed E-state index contributed by atoms with van der Waals surface area (Å²) in [5, 5.41) is 3.31. The third-order valence-electron chi connectivity index (χ3n) is 4.60. The molecule has 0 spiro atoms. The topological polar surface area (TPSA) is 60.4 Å². The summed E-state index contributed by atoms with van der Waals surface area (Å²) in [6.07, 6.45) is 4.38. The molecule has 8 heteroatoms. The van der Waals surface area contributed by atoms with Crippen molar-refractivity contribution in [2.45, 2.75) is 0 Å². The van der Waals surface area contributed by atoms with E-state index in [-0.39, 0.29) is 36.4 Å². The van der Waals surface area contributed by atoms with Crippen molar-refractivity contribution >= 4 is 41.9 Å². The predicted octanol–water partition coefficient (Wildman–Crippen LogP) is 1.62. The normalized spacial score (nSPS) is 15.3. The van der Waals surface area contributed by atoms with Crippen LogP contribution in [0.2, 0.25) is 0 Å². The molecule has 0 atom stereocenters. The van der Waals surface area contributed by atoms with Gasteiger partial charge in [0.25, 0.3) is 0 Å². The number of methoxy groups -OCH3 is 1. The molecule has 1 aliphatic rings. The molecule has 1 amide bonds. The van der Waals surface area contributed by atoms with Crippen LogP contribution in [0.4, 0.5) is 0 Å². The SMILES string of the molecule is COCCNC(=NCC(=O)N(C)C)N1CCN(C/C=C/c2ccccc2)CC1.I. The number of piperazine rings is 1. The van der Waals surface area contributed by atoms with Crippen molar-refractivity contribution in [2.24, 2.45) is 4.99 Å². The van der Waals surface area contributed by atoms with Crippen LogP contribution in [-0.2, 0) is 9.53 Å². The van der Waals surface area contributed by atoms with Crippen LogP contribution in [0, 0.1) is 0 Å². The Morgan fingerprint density at radius 1 is 1.21 bits per heavy atom. The zero-order chi connectivity index (χ0) is 20.2. The average Bonchev–Trinajstić information content (AvgIpc) is 2.71. The number of amides is 1. The zero-order valence-electron chi connectivity index (χ0n) is 17.7. The van der Waals surface area contributed by atoms with Crippen LogP contribution in [0.3, 0.4) is 0 Å². The molecular weight excluding hydrogens is 481 g/mol. The summed E-state index contributed by atoms with van der Waals surface area (Å²) in [4.78, 5) is 22.6. The second-order valence-electron chi connectivity index (χ2n) is 6.95. The van der Waals surface area contributed by atoms with Gasteiger partial charge in [0.05, 0.1) is 6.61 Å². The molecule has 7 nitrogen and oxygen atoms in total. The van der Waals surface area contributed by atoms with Crippen molar-refractivity contribution in [3.05, 3.63) is 42.0 Å². The molecule has 0 aliphatic carbocycles. The van der Waals surface area contributed by atoms with E-state index >= 15 is 0 Å². The number of guanidine groups is 1. The second-order valence-corrected chi connectivity index (χ2v) is 6.95. The number of ether oxygens (including phenoxy) is 1. The Kier molecular flexibility index (Phi) is 12.6. The number of carbonyl (C=O) groups excluding carboxylic acids is 1. The minimum atomic E-state index is -0.00396. The number of carbonyl (C=O) groups is 1. The Morgan fingerprint density at radius 3 is 2.52 bits per heavy atom. The lowest BCUT2D eigenvalue weighted by Gasteiger charge is -2.36. The largest absolute Gasteiger partial charge is 0.383 e. The molecule has 0 radical (unpaired) electrons. The maximum Gasteiger partial charge on any atom is 0.243 e. The Bertz CT molecular complexity index is 644. The van der Waals surface area contributed by atoms with E-state index in [9.17, 15) is 4.79 Å². The van der Waals surface area contributed by atoms with Crippen molar-refractivity contribution in [2.75, 3.05) is 73.6 Å². The first-order chi connectivity index (χ1) is 13.6. The van der Waals surface area contributed by atoms with E-state index < -0.39 is 0 Å². The summed E-state index contributed by atoms with van der Waals surface area (Å²) in [7, 11) is 5.17. The number of nitrogens with zero attached hydrogens (tertiary/aromatic N) is 4. The highest BCUT2D eigenvalue weighted by Gasteiger charge is 2.19. The molecule has 0 aromatic heterocycles. The summed E-state index contributed by atoms with van der Waals surface area (Å²) >= 11 is 0. The van der Waals surface area contributed by atoms with Gasteiger partial charge in [0.15, 0.2) is 5.96 Å².